The lowest BCUT2D eigenvalue weighted by Crippen LogP contribution is -2.43. The monoisotopic (exact) mass is 1330 g/mol. The highest BCUT2D eigenvalue weighted by Gasteiger charge is 2.45. The second kappa shape index (κ2) is 28.4. The van der Waals surface area contributed by atoms with E-state index in [-0.39, 0.29) is 0 Å². The van der Waals surface area contributed by atoms with Crippen LogP contribution in [0.4, 0.5) is 0 Å². The van der Waals surface area contributed by atoms with Gasteiger partial charge in [0.2, 0.25) is 0 Å². The van der Waals surface area contributed by atoms with E-state index >= 15 is 0 Å². The smallest absolute Gasteiger partial charge is 0.125 e. The summed E-state index contributed by atoms with van der Waals surface area (Å²) in [6.07, 6.45) is 0. The predicted octanol–water partition coefficient (Wildman–Crippen LogP) is 27.9. The van der Waals surface area contributed by atoms with Gasteiger partial charge in [-0.25, -0.2) is 0 Å². The van der Waals surface area contributed by atoms with E-state index in [0.717, 1.165) is 22.3 Å². The molecule has 0 radical (unpaired) electrons. The molecular formula is C92H110Si4. The van der Waals surface area contributed by atoms with E-state index in [4.69, 9.17) is 0 Å². The quantitative estimate of drug-likeness (QED) is 0.0545. The molecule has 0 spiro atoms. The van der Waals surface area contributed by atoms with Crippen molar-refractivity contribution in [3.8, 4) is 79.2 Å². The lowest BCUT2D eigenvalue weighted by molar-refractivity contribution is 0.838. The Balaban J connectivity index is 1.05. The van der Waals surface area contributed by atoms with Crippen LogP contribution < -0.4 is 0 Å². The molecule has 4 heteroatoms. The highest BCUT2D eigenvalue weighted by molar-refractivity contribution is 6.92. The summed E-state index contributed by atoms with van der Waals surface area (Å²) in [4.78, 5) is 0. The number of fused-ring (bicyclic) bond motifs is 6. The Kier molecular flexibility index (Phi) is 21.2. The van der Waals surface area contributed by atoms with Crippen LogP contribution in [0.2, 0.25) is 66.5 Å². The Labute approximate surface area is 584 Å². The van der Waals surface area contributed by atoms with Gasteiger partial charge in [-0.15, -0.1) is 22.2 Å². The van der Waals surface area contributed by atoms with E-state index in [1.165, 1.54) is 98.0 Å². The van der Waals surface area contributed by atoms with Crippen molar-refractivity contribution in [3.63, 3.8) is 0 Å². The van der Waals surface area contributed by atoms with Gasteiger partial charge in [-0.2, -0.15) is 0 Å². The van der Waals surface area contributed by atoms with Gasteiger partial charge >= 0.3 is 0 Å². The van der Waals surface area contributed by atoms with Crippen LogP contribution in [0.5, 0.6) is 0 Å². The molecule has 0 saturated carbocycles. The van der Waals surface area contributed by atoms with Gasteiger partial charge in [0.15, 0.2) is 0 Å². The molecule has 0 aromatic heterocycles. The largest absolute Gasteiger partial charge is 0.146 e. The van der Waals surface area contributed by atoms with Crippen LogP contribution in [0, 0.1) is 45.9 Å². The van der Waals surface area contributed by atoms with Crippen LogP contribution in [0.25, 0.3) is 98.0 Å². The number of benzene rings is 10. The minimum atomic E-state index is -2.07. The molecule has 0 saturated heterocycles. The lowest BCUT2D eigenvalue weighted by Gasteiger charge is -2.38. The second-order valence-corrected chi connectivity index (χ2v) is 54.6. The van der Waals surface area contributed by atoms with Gasteiger partial charge in [0.1, 0.15) is 32.3 Å². The Morgan fingerprint density at radius 1 is 0.188 bits per heavy atom. The van der Waals surface area contributed by atoms with E-state index in [0.29, 0.717) is 66.5 Å². The summed E-state index contributed by atoms with van der Waals surface area (Å²) < 4.78 is 0. The van der Waals surface area contributed by atoms with Gasteiger partial charge in [0, 0.05) is 22.3 Å². The Bertz CT molecular complexity index is 4420. The maximum absolute atomic E-state index is 4.17. The van der Waals surface area contributed by atoms with Crippen LogP contribution in [-0.4, -0.2) is 32.3 Å². The fraction of sp³-hybridized carbons (Fsp3) is 0.391. The highest BCUT2D eigenvalue weighted by Crippen LogP contribution is 2.47. The van der Waals surface area contributed by atoms with Gasteiger partial charge in [0.25, 0.3) is 0 Å². The van der Waals surface area contributed by atoms with Crippen molar-refractivity contribution in [3.05, 3.63) is 180 Å². The van der Waals surface area contributed by atoms with Gasteiger partial charge < -0.3 is 0 Å². The number of hydrogen-bond donors (Lipinski definition) is 0. The summed E-state index contributed by atoms with van der Waals surface area (Å²) in [5.41, 5.74) is 34.8. The number of rotatable bonds is 15. The maximum atomic E-state index is 4.17. The van der Waals surface area contributed by atoms with E-state index in [2.05, 4.69) is 370 Å². The summed E-state index contributed by atoms with van der Waals surface area (Å²) >= 11 is 0. The van der Waals surface area contributed by atoms with Crippen molar-refractivity contribution in [1.29, 1.82) is 0 Å². The SMILES string of the molecule is CC(C)[Si](C#Cc1c2ccccc2c(C#C[Si](C(C)C)(C(C)C)C(C)C)c2cc3cc(-c4ccc(-c5ccc(-c6ccc7cc8c(C#C[Si](C(C)C)(C(C)C)C(C)C)c9ccccc9c(C#C[Si](C(C)C)(C(C)C)C(C)C)c8cc7c6)cc5)cc4)ccc3cc12)(C(C)C)C(C)C. The molecule has 494 valence electrons. The lowest BCUT2D eigenvalue weighted by atomic mass is 9.89. The Morgan fingerprint density at radius 3 is 0.562 bits per heavy atom. The van der Waals surface area contributed by atoms with Crippen LogP contribution in [0.3, 0.4) is 0 Å². The van der Waals surface area contributed by atoms with Gasteiger partial charge in [-0.1, -0.05) is 311 Å². The summed E-state index contributed by atoms with van der Waals surface area (Å²) in [7, 11) is -8.26. The molecule has 0 atom stereocenters. The first kappa shape index (κ1) is 71.6. The standard InChI is InChI=1S/C92H110Si4/c1-59(2)93(60(3)4,61(5)6)49-45-85-81-29-25-27-31-83(81)87(47-51-95(65(13)14,66(15)16)67(17)18)91-57-79-53-75(41-43-77(79)55-89(85)91)73-37-33-71(34-38-73)72-35-39-74(40-36-72)76-42-44-78-56-90-86(46-50-94(62(7)8,63(9)10)64(11)12)82-30-26-28-32-84(82)88(92(90)58-80(78)54-76)48-52-96(68(19)20,69(21)22)70(23)24/h25-44,53-70H,1-24H3. The summed E-state index contributed by atoms with van der Waals surface area (Å²) in [6, 6.07) is 60.2. The third kappa shape index (κ3) is 12.7. The molecule has 0 unspecified atom stereocenters. The highest BCUT2D eigenvalue weighted by atomic mass is 28.3. The fourth-order valence-corrected chi connectivity index (χ4v) is 39.7. The minimum Gasteiger partial charge on any atom is -0.125 e. The molecule has 0 aliphatic carbocycles. The van der Waals surface area contributed by atoms with Gasteiger partial charge in [0.05, 0.1) is 0 Å². The first-order chi connectivity index (χ1) is 45.5. The minimum absolute atomic E-state index is 0.530. The molecule has 0 aliphatic rings. The third-order valence-corrected chi connectivity index (χ3v) is 49.0. The molecule has 0 nitrogen and oxygen atoms in total. The predicted molar refractivity (Wildman–Crippen MR) is 439 cm³/mol. The molecule has 0 fully saturated rings. The van der Waals surface area contributed by atoms with Crippen molar-refractivity contribution in [2.24, 2.45) is 0 Å². The van der Waals surface area contributed by atoms with Crippen molar-refractivity contribution in [1.82, 2.24) is 0 Å². The number of hydrogen-bond acceptors (Lipinski definition) is 0. The van der Waals surface area contributed by atoms with Crippen molar-refractivity contribution >= 4 is 96.9 Å². The zero-order valence-corrected chi connectivity index (χ0v) is 66.9. The van der Waals surface area contributed by atoms with Crippen LogP contribution in [-0.2, 0) is 0 Å². The van der Waals surface area contributed by atoms with Crippen molar-refractivity contribution < 1.29 is 0 Å². The normalized spacial score (nSPS) is 12.8. The molecule has 10 rings (SSSR count). The van der Waals surface area contributed by atoms with E-state index in [1.807, 2.05) is 0 Å². The molecule has 10 aromatic carbocycles. The van der Waals surface area contributed by atoms with E-state index in [1.54, 1.807) is 0 Å². The van der Waals surface area contributed by atoms with E-state index in [9.17, 15) is 0 Å². The molecule has 0 bridgehead atoms. The molecule has 96 heavy (non-hydrogen) atoms. The molecule has 0 aliphatic heterocycles. The average molecular weight is 1330 g/mol. The average Bonchev–Trinajstić information content (AvgIpc) is 0.740. The topological polar surface area (TPSA) is 0 Å². The first-order valence-corrected chi connectivity index (χ1v) is 45.6. The van der Waals surface area contributed by atoms with E-state index < -0.39 is 32.3 Å². The van der Waals surface area contributed by atoms with Gasteiger partial charge in [-0.05, 0) is 201 Å². The fourth-order valence-electron chi connectivity index (χ4n) is 18.9. The molecule has 0 amide bonds. The maximum Gasteiger partial charge on any atom is 0.146 e. The molecule has 0 heterocycles. The summed E-state index contributed by atoms with van der Waals surface area (Å²) in [5, 5.41) is 14.6. The molecular weight excluding hydrogens is 1220 g/mol. The summed E-state index contributed by atoms with van der Waals surface area (Å²) in [6.45, 7) is 58.0. The molecule has 0 N–H and O–H groups in total. The third-order valence-electron chi connectivity index (χ3n) is 23.8. The zero-order valence-electron chi connectivity index (χ0n) is 62.9. The summed E-state index contributed by atoms with van der Waals surface area (Å²) in [5.74, 6) is 16.1. The first-order valence-electron chi connectivity index (χ1n) is 36.7. The Morgan fingerprint density at radius 2 is 0.365 bits per heavy atom. The van der Waals surface area contributed by atoms with Crippen LogP contribution in [0.15, 0.2) is 158 Å². The van der Waals surface area contributed by atoms with Crippen LogP contribution in [0.1, 0.15) is 188 Å². The van der Waals surface area contributed by atoms with Gasteiger partial charge in [-0.3, -0.25) is 0 Å². The van der Waals surface area contributed by atoms with Crippen LogP contribution >= 0.6 is 0 Å². The van der Waals surface area contributed by atoms with Crippen molar-refractivity contribution in [2.45, 2.75) is 233 Å². The van der Waals surface area contributed by atoms with Crippen molar-refractivity contribution in [2.75, 3.05) is 0 Å². The molecule has 10 aromatic rings. The zero-order chi connectivity index (χ0) is 69.7. The second-order valence-electron chi connectivity index (χ2n) is 32.3. The Hall–Kier alpha value is -7.13.